The summed E-state index contributed by atoms with van der Waals surface area (Å²) in [6.45, 7) is 9.71. The summed E-state index contributed by atoms with van der Waals surface area (Å²) in [5, 5.41) is 14.7. The van der Waals surface area contributed by atoms with Gasteiger partial charge in [-0.3, -0.25) is 14.6 Å². The number of amidine groups is 1. The highest BCUT2D eigenvalue weighted by atomic mass is 32.2. The number of rotatable bonds is 10. The Balaban J connectivity index is -0.000000210. The molecule has 12 nitrogen and oxygen atoms in total. The molecule has 0 aromatic heterocycles. The molecule has 1 aromatic rings. The van der Waals surface area contributed by atoms with Gasteiger partial charge >= 0.3 is 10.2 Å². The van der Waals surface area contributed by atoms with E-state index in [1.54, 1.807) is 20.9 Å². The smallest absolute Gasteiger partial charge is 0.343 e. The average Bonchev–Trinajstić information content (AvgIpc) is 3.03. The number of aliphatic imine (C=N–C) groups is 1. The second-order valence-corrected chi connectivity index (χ2v) is 8.81. The zero-order valence-electron chi connectivity index (χ0n) is 20.1. The predicted octanol–water partition coefficient (Wildman–Crippen LogP) is 0.187. The lowest BCUT2D eigenvalue weighted by molar-refractivity contribution is 0.596. The Hall–Kier alpha value is -2.26. The highest BCUT2D eigenvalue weighted by Crippen LogP contribution is 2.03. The minimum Gasteiger partial charge on any atom is -0.380 e. The summed E-state index contributed by atoms with van der Waals surface area (Å²) in [6.07, 6.45) is 0. The zero-order chi connectivity index (χ0) is 25.4. The molecule has 1 aliphatic heterocycles. The third kappa shape index (κ3) is 16.4. The standard InChI is InChI=1S/C8H12N2O2.C6H12N4O2S.C5H12N2S.3CH4/c1-5-6(8(12)7(5)11)10-4-3-9-2;1-5-6(8-4-3-7-2)10-13(11,12)9-5;1-5(8)7-4-3-6-2;;;/h9-10H,3-4H2,1-2H3;7H,3-4H2,1-2H3,(H,8,10);6H,3-4H2,1-2H3,(H,7,8);3*1H4. The quantitative estimate of drug-likeness (QED) is 0.134. The van der Waals surface area contributed by atoms with Crippen molar-refractivity contribution in [2.75, 3.05) is 65.7 Å². The molecule has 0 unspecified atom stereocenters. The predicted molar refractivity (Wildman–Crippen MR) is 160 cm³/mol. The molecule has 0 saturated heterocycles. The van der Waals surface area contributed by atoms with Crippen LogP contribution >= 0.6 is 12.2 Å². The van der Waals surface area contributed by atoms with Crippen LogP contribution in [0.4, 0.5) is 5.69 Å². The van der Waals surface area contributed by atoms with Crippen LogP contribution in [-0.2, 0) is 10.2 Å². The monoisotopic (exact) mass is 552 g/mol. The van der Waals surface area contributed by atoms with Gasteiger partial charge in [0.1, 0.15) is 0 Å². The van der Waals surface area contributed by atoms with E-state index in [1.807, 2.05) is 21.0 Å². The highest BCUT2D eigenvalue weighted by molar-refractivity contribution is 7.89. The van der Waals surface area contributed by atoms with E-state index in [1.165, 1.54) is 0 Å². The maximum absolute atomic E-state index is 10.9. The number of nitrogens with one attached hydrogen (secondary N) is 6. The fourth-order valence-electron chi connectivity index (χ4n) is 2.26. The molecule has 0 saturated carbocycles. The van der Waals surface area contributed by atoms with Crippen LogP contribution in [0.25, 0.3) is 0 Å². The minimum atomic E-state index is -3.50. The Morgan fingerprint density at radius 1 is 0.917 bits per heavy atom. The molecule has 1 aromatic carbocycles. The van der Waals surface area contributed by atoms with Crippen molar-refractivity contribution in [3.8, 4) is 0 Å². The number of anilines is 1. The topological polar surface area (TPSA) is 165 Å². The molecular weight excluding hydrogens is 504 g/mol. The molecular formula is C22H48N8O4S2. The molecule has 0 amide bonds. The normalized spacial score (nSPS) is 13.7. The first-order valence-electron chi connectivity index (χ1n) is 10.4. The fraction of sp³-hybridized carbons (Fsp3) is 0.682. The van der Waals surface area contributed by atoms with Gasteiger partial charge < -0.3 is 26.6 Å². The maximum Gasteiger partial charge on any atom is 0.343 e. The first kappa shape index (κ1) is 40.9. The van der Waals surface area contributed by atoms with Crippen molar-refractivity contribution in [3.63, 3.8) is 0 Å². The van der Waals surface area contributed by atoms with Crippen molar-refractivity contribution >= 4 is 44.7 Å². The Morgan fingerprint density at radius 2 is 1.44 bits per heavy atom. The number of likely N-dealkylation sites (N-methyl/N-ethyl adjacent to an activating group) is 3. The van der Waals surface area contributed by atoms with Crippen LogP contribution in [0.5, 0.6) is 0 Å². The lowest BCUT2D eigenvalue weighted by Crippen LogP contribution is -2.38. The van der Waals surface area contributed by atoms with E-state index < -0.39 is 10.2 Å². The van der Waals surface area contributed by atoms with Crippen LogP contribution in [0.15, 0.2) is 19.0 Å². The van der Waals surface area contributed by atoms with Crippen molar-refractivity contribution < 1.29 is 8.42 Å². The second-order valence-electron chi connectivity index (χ2n) is 6.86. The minimum absolute atomic E-state index is 0. The van der Waals surface area contributed by atoms with Gasteiger partial charge in [0.15, 0.2) is 5.84 Å². The van der Waals surface area contributed by atoms with Gasteiger partial charge in [0.2, 0.25) is 10.9 Å². The first-order valence-corrected chi connectivity index (χ1v) is 12.2. The van der Waals surface area contributed by atoms with Gasteiger partial charge in [-0.2, -0.15) is 8.42 Å². The van der Waals surface area contributed by atoms with Crippen molar-refractivity contribution in [1.82, 2.24) is 26.0 Å². The van der Waals surface area contributed by atoms with Crippen molar-refractivity contribution in [1.29, 1.82) is 0 Å². The molecule has 36 heavy (non-hydrogen) atoms. The Morgan fingerprint density at radius 3 is 1.86 bits per heavy atom. The molecule has 2 rings (SSSR count). The molecule has 212 valence electrons. The molecule has 0 atom stereocenters. The maximum atomic E-state index is 10.9. The molecule has 0 aliphatic carbocycles. The van der Waals surface area contributed by atoms with E-state index in [9.17, 15) is 18.0 Å². The lowest BCUT2D eigenvalue weighted by atomic mass is 10.1. The van der Waals surface area contributed by atoms with Gasteiger partial charge in [-0.05, 0) is 41.9 Å². The van der Waals surface area contributed by atoms with Crippen LogP contribution in [0.1, 0.15) is 41.7 Å². The molecule has 0 radical (unpaired) electrons. The van der Waals surface area contributed by atoms with Gasteiger partial charge in [-0.1, -0.05) is 34.5 Å². The number of thiocarbonyl (C=S) groups is 1. The molecule has 1 heterocycles. The van der Waals surface area contributed by atoms with E-state index in [2.05, 4.69) is 40.7 Å². The molecule has 0 spiro atoms. The molecule has 6 N–H and O–H groups in total. The summed E-state index contributed by atoms with van der Waals surface area (Å²) >= 11 is 4.77. The molecule has 0 fully saturated rings. The van der Waals surface area contributed by atoms with Crippen LogP contribution in [0.3, 0.4) is 0 Å². The van der Waals surface area contributed by atoms with Crippen LogP contribution in [0, 0.1) is 6.92 Å². The van der Waals surface area contributed by atoms with Gasteiger partial charge in [0.25, 0.3) is 0 Å². The molecule has 14 heteroatoms. The SMILES string of the molecule is C.C.C.CNCCN=C1NS(=O)(=O)N=C1C.CNCCNC(C)=S.CNCCNc1c(C)c(=O)c1=O. The van der Waals surface area contributed by atoms with Crippen LogP contribution < -0.4 is 42.2 Å². The van der Waals surface area contributed by atoms with Gasteiger partial charge in [0.05, 0.1) is 22.9 Å². The van der Waals surface area contributed by atoms with Crippen molar-refractivity contribution in [3.05, 3.63) is 26.0 Å². The Kier molecular flexibility index (Phi) is 25.0. The Labute approximate surface area is 223 Å². The van der Waals surface area contributed by atoms with Crippen LogP contribution in [-0.4, -0.2) is 85.4 Å². The molecule has 1 aliphatic rings. The van der Waals surface area contributed by atoms with E-state index in [0.717, 1.165) is 24.6 Å². The first-order chi connectivity index (χ1) is 15.5. The third-order valence-electron chi connectivity index (χ3n) is 4.03. The van der Waals surface area contributed by atoms with E-state index in [0.29, 0.717) is 42.4 Å². The van der Waals surface area contributed by atoms with E-state index >= 15 is 0 Å². The zero-order valence-corrected chi connectivity index (χ0v) is 21.7. The third-order valence-corrected chi connectivity index (χ3v) is 5.14. The summed E-state index contributed by atoms with van der Waals surface area (Å²) in [5.41, 5.74) is 0.702. The summed E-state index contributed by atoms with van der Waals surface area (Å²) in [5.74, 6) is 0.343. The van der Waals surface area contributed by atoms with Gasteiger partial charge in [-0.25, -0.2) is 4.72 Å². The lowest BCUT2D eigenvalue weighted by Gasteiger charge is -2.08. The largest absolute Gasteiger partial charge is 0.380 e. The average molecular weight is 553 g/mol. The number of nitrogens with zero attached hydrogens (tertiary/aromatic N) is 2. The number of hydrogen-bond donors (Lipinski definition) is 6. The fourth-order valence-corrected chi connectivity index (χ4v) is 3.31. The van der Waals surface area contributed by atoms with Crippen molar-refractivity contribution in [2.45, 2.75) is 43.1 Å². The van der Waals surface area contributed by atoms with E-state index in [-0.39, 0.29) is 33.1 Å². The van der Waals surface area contributed by atoms with Gasteiger partial charge in [0, 0.05) is 38.3 Å². The van der Waals surface area contributed by atoms with Crippen molar-refractivity contribution in [2.24, 2.45) is 9.39 Å². The number of hydrogen-bond acceptors (Lipinski definition) is 10. The van der Waals surface area contributed by atoms with Gasteiger partial charge in [-0.15, -0.1) is 4.40 Å². The Bertz CT molecular complexity index is 985. The summed E-state index contributed by atoms with van der Waals surface area (Å²) < 4.78 is 27.4. The van der Waals surface area contributed by atoms with Crippen LogP contribution in [0.2, 0.25) is 0 Å². The van der Waals surface area contributed by atoms with E-state index in [4.69, 9.17) is 12.2 Å². The second kappa shape index (κ2) is 22.0. The highest BCUT2D eigenvalue weighted by Gasteiger charge is 2.22. The summed E-state index contributed by atoms with van der Waals surface area (Å²) in [7, 11) is 2.06. The summed E-state index contributed by atoms with van der Waals surface area (Å²) in [6, 6.07) is 0. The molecule has 0 bridgehead atoms. The summed E-state index contributed by atoms with van der Waals surface area (Å²) in [4.78, 5) is 26.5.